The number of benzene rings is 2. The molecule has 0 amide bonds. The van der Waals surface area contributed by atoms with Crippen molar-refractivity contribution < 1.29 is 4.79 Å². The first-order valence-electron chi connectivity index (χ1n) is 7.06. The lowest BCUT2D eigenvalue weighted by atomic mass is 9.77. The molecule has 0 saturated heterocycles. The maximum atomic E-state index is 12.8. The van der Waals surface area contributed by atoms with E-state index in [4.69, 9.17) is 11.6 Å². The molecule has 0 heterocycles. The summed E-state index contributed by atoms with van der Waals surface area (Å²) in [5.41, 5.74) is 3.72. The average molecular weight is 285 g/mol. The van der Waals surface area contributed by atoms with Crippen LogP contribution in [0.15, 0.2) is 42.5 Å². The number of hydrogen-bond donors (Lipinski definition) is 0. The Labute approximate surface area is 124 Å². The van der Waals surface area contributed by atoms with Gasteiger partial charge in [0, 0.05) is 16.1 Å². The minimum atomic E-state index is 0.0903. The van der Waals surface area contributed by atoms with Crippen molar-refractivity contribution in [1.29, 1.82) is 0 Å². The maximum Gasteiger partial charge on any atom is 0.193 e. The van der Waals surface area contributed by atoms with Crippen LogP contribution in [-0.2, 0) is 0 Å². The fraction of sp³-hybridized carbons (Fsp3) is 0.278. The monoisotopic (exact) mass is 284 g/mol. The van der Waals surface area contributed by atoms with Crippen LogP contribution in [-0.4, -0.2) is 5.78 Å². The minimum Gasteiger partial charge on any atom is -0.289 e. The van der Waals surface area contributed by atoms with Gasteiger partial charge in [-0.2, -0.15) is 0 Å². The van der Waals surface area contributed by atoms with Gasteiger partial charge in [0.05, 0.1) is 0 Å². The zero-order valence-corrected chi connectivity index (χ0v) is 12.3. The largest absolute Gasteiger partial charge is 0.289 e. The molecule has 2 aromatic carbocycles. The van der Waals surface area contributed by atoms with Crippen LogP contribution in [0.5, 0.6) is 0 Å². The van der Waals surface area contributed by atoms with E-state index in [1.165, 1.54) is 24.8 Å². The van der Waals surface area contributed by atoms with E-state index in [-0.39, 0.29) is 5.78 Å². The lowest BCUT2D eigenvalue weighted by Crippen LogP contribution is -2.15. The molecule has 1 aliphatic rings. The summed E-state index contributed by atoms with van der Waals surface area (Å²) in [6, 6.07) is 13.5. The first-order chi connectivity index (χ1) is 9.66. The summed E-state index contributed by atoms with van der Waals surface area (Å²) in [6.07, 6.45) is 3.65. The molecule has 0 bridgehead atoms. The molecular formula is C18H17ClO. The van der Waals surface area contributed by atoms with Gasteiger partial charge < -0.3 is 0 Å². The lowest BCUT2D eigenvalue weighted by molar-refractivity contribution is 0.103. The Morgan fingerprint density at radius 3 is 2.55 bits per heavy atom. The second kappa shape index (κ2) is 5.41. The van der Waals surface area contributed by atoms with Gasteiger partial charge >= 0.3 is 0 Å². The first-order valence-corrected chi connectivity index (χ1v) is 7.44. The van der Waals surface area contributed by atoms with Crippen LogP contribution in [0.2, 0.25) is 5.02 Å². The average Bonchev–Trinajstić information content (AvgIpc) is 2.39. The second-order valence-corrected chi connectivity index (χ2v) is 5.94. The van der Waals surface area contributed by atoms with Gasteiger partial charge in [-0.1, -0.05) is 48.4 Å². The van der Waals surface area contributed by atoms with Gasteiger partial charge in [-0.05, 0) is 48.9 Å². The van der Waals surface area contributed by atoms with E-state index < -0.39 is 0 Å². The van der Waals surface area contributed by atoms with Crippen molar-refractivity contribution in [3.05, 3.63) is 69.7 Å². The van der Waals surface area contributed by atoms with Crippen LogP contribution in [0.3, 0.4) is 0 Å². The standard InChI is InChI=1S/C18H17ClO/c1-12-9-10-14(19)11-17(12)18(20)16-8-3-2-7-15(16)13-5-4-6-13/h2-3,7-11,13H,4-6H2,1H3. The van der Waals surface area contributed by atoms with Gasteiger partial charge in [-0.25, -0.2) is 0 Å². The number of carbonyl (C=O) groups is 1. The molecule has 3 rings (SSSR count). The van der Waals surface area contributed by atoms with Gasteiger partial charge in [-0.3, -0.25) is 4.79 Å². The molecule has 1 fully saturated rings. The summed E-state index contributed by atoms with van der Waals surface area (Å²) < 4.78 is 0. The quantitative estimate of drug-likeness (QED) is 0.713. The molecule has 0 spiro atoms. The SMILES string of the molecule is Cc1ccc(Cl)cc1C(=O)c1ccccc1C1CCC1. The molecule has 1 saturated carbocycles. The van der Waals surface area contributed by atoms with Gasteiger partial charge in [0.25, 0.3) is 0 Å². The lowest BCUT2D eigenvalue weighted by Gasteiger charge is -2.27. The highest BCUT2D eigenvalue weighted by Crippen LogP contribution is 2.38. The Kier molecular flexibility index (Phi) is 3.62. The summed E-state index contributed by atoms with van der Waals surface area (Å²) in [5.74, 6) is 0.641. The molecular weight excluding hydrogens is 268 g/mol. The highest BCUT2D eigenvalue weighted by atomic mass is 35.5. The molecule has 2 heteroatoms. The fourth-order valence-electron chi connectivity index (χ4n) is 2.76. The second-order valence-electron chi connectivity index (χ2n) is 5.50. The van der Waals surface area contributed by atoms with Crippen LogP contribution >= 0.6 is 11.6 Å². The zero-order valence-electron chi connectivity index (χ0n) is 11.5. The van der Waals surface area contributed by atoms with Crippen molar-refractivity contribution in [3.8, 4) is 0 Å². The predicted molar refractivity (Wildman–Crippen MR) is 82.7 cm³/mol. The summed E-state index contributed by atoms with van der Waals surface area (Å²) in [7, 11) is 0. The predicted octanol–water partition coefficient (Wildman–Crippen LogP) is 5.15. The van der Waals surface area contributed by atoms with Crippen LogP contribution in [0.25, 0.3) is 0 Å². The van der Waals surface area contributed by atoms with E-state index >= 15 is 0 Å². The van der Waals surface area contributed by atoms with Crippen LogP contribution in [0.4, 0.5) is 0 Å². The van der Waals surface area contributed by atoms with E-state index in [2.05, 4.69) is 6.07 Å². The normalized spacial score (nSPS) is 14.9. The molecule has 0 unspecified atom stereocenters. The summed E-state index contributed by atoms with van der Waals surface area (Å²) in [5, 5.41) is 0.611. The number of ketones is 1. The minimum absolute atomic E-state index is 0.0903. The Morgan fingerprint density at radius 2 is 1.85 bits per heavy atom. The molecule has 20 heavy (non-hydrogen) atoms. The third-order valence-corrected chi connectivity index (χ3v) is 4.43. The number of halogens is 1. The van der Waals surface area contributed by atoms with Gasteiger partial charge in [0.2, 0.25) is 0 Å². The Bertz CT molecular complexity index is 656. The summed E-state index contributed by atoms with van der Waals surface area (Å²) >= 11 is 6.04. The van der Waals surface area contributed by atoms with E-state index in [0.717, 1.165) is 11.1 Å². The molecule has 1 nitrogen and oxygen atoms in total. The Hall–Kier alpha value is -1.60. The topological polar surface area (TPSA) is 17.1 Å². The van der Waals surface area contributed by atoms with Crippen LogP contribution in [0.1, 0.15) is 52.2 Å². The summed E-state index contributed by atoms with van der Waals surface area (Å²) in [4.78, 5) is 12.8. The molecule has 102 valence electrons. The molecule has 0 radical (unpaired) electrons. The smallest absolute Gasteiger partial charge is 0.193 e. The molecule has 0 aromatic heterocycles. The van der Waals surface area contributed by atoms with Crippen LogP contribution in [0, 0.1) is 6.92 Å². The van der Waals surface area contributed by atoms with Crippen LogP contribution < -0.4 is 0 Å². The highest BCUT2D eigenvalue weighted by molar-refractivity contribution is 6.31. The molecule has 2 aromatic rings. The van der Waals surface area contributed by atoms with E-state index in [0.29, 0.717) is 16.5 Å². The third kappa shape index (κ3) is 2.38. The molecule has 0 atom stereocenters. The van der Waals surface area contributed by atoms with Crippen molar-refractivity contribution >= 4 is 17.4 Å². The summed E-state index contributed by atoms with van der Waals surface area (Å²) in [6.45, 7) is 1.95. The molecule has 0 aliphatic heterocycles. The zero-order chi connectivity index (χ0) is 14.1. The number of aryl methyl sites for hydroxylation is 1. The van der Waals surface area contributed by atoms with E-state index in [1.807, 2.05) is 37.3 Å². The van der Waals surface area contributed by atoms with E-state index in [9.17, 15) is 4.79 Å². The number of hydrogen-bond acceptors (Lipinski definition) is 1. The highest BCUT2D eigenvalue weighted by Gasteiger charge is 2.25. The fourth-order valence-corrected chi connectivity index (χ4v) is 2.94. The van der Waals surface area contributed by atoms with E-state index in [1.54, 1.807) is 6.07 Å². The maximum absolute atomic E-state index is 12.8. The number of carbonyl (C=O) groups excluding carboxylic acids is 1. The van der Waals surface area contributed by atoms with Crippen molar-refractivity contribution in [2.45, 2.75) is 32.1 Å². The first kappa shape index (κ1) is 13.4. The molecule has 0 N–H and O–H groups in total. The van der Waals surface area contributed by atoms with Crippen molar-refractivity contribution in [1.82, 2.24) is 0 Å². The molecule has 1 aliphatic carbocycles. The van der Waals surface area contributed by atoms with Crippen molar-refractivity contribution in [2.24, 2.45) is 0 Å². The van der Waals surface area contributed by atoms with Gasteiger partial charge in [0.15, 0.2) is 5.78 Å². The number of rotatable bonds is 3. The Morgan fingerprint density at radius 1 is 1.10 bits per heavy atom. The third-order valence-electron chi connectivity index (χ3n) is 4.19. The van der Waals surface area contributed by atoms with Crippen molar-refractivity contribution in [2.75, 3.05) is 0 Å². The van der Waals surface area contributed by atoms with Crippen molar-refractivity contribution in [3.63, 3.8) is 0 Å². The van der Waals surface area contributed by atoms with Gasteiger partial charge in [-0.15, -0.1) is 0 Å². The Balaban J connectivity index is 2.04. The van der Waals surface area contributed by atoms with Gasteiger partial charge in [0.1, 0.15) is 0 Å².